The third kappa shape index (κ3) is 18.7. The molecule has 0 fully saturated rings. The maximum Gasteiger partial charge on any atom is 0.500 e. The fraction of sp³-hybridized carbons (Fsp3) is 1.00. The van der Waals surface area contributed by atoms with Gasteiger partial charge in [0.25, 0.3) is 0 Å². The maximum atomic E-state index is 6.79. The first-order chi connectivity index (χ1) is 16.0. The molecule has 0 aromatic rings. The monoisotopic (exact) mass is 584 g/mol. The molecule has 0 saturated heterocycles. The molecule has 212 valence electrons. The smallest absolute Gasteiger partial charge is 0.417 e. The first-order valence-electron chi connectivity index (χ1n) is 13.8. The summed E-state index contributed by atoms with van der Waals surface area (Å²) in [6, 6.07) is 1.88. The van der Waals surface area contributed by atoms with Gasteiger partial charge >= 0.3 is 17.6 Å². The van der Waals surface area contributed by atoms with E-state index in [-0.39, 0.29) is 0 Å². The molecular weight excluding hydrogens is 525 g/mol. The Morgan fingerprint density at radius 3 is 0.800 bits per heavy atom. The molecule has 0 saturated carbocycles. The summed E-state index contributed by atoms with van der Waals surface area (Å²) in [5.41, 5.74) is 0. The zero-order valence-electron chi connectivity index (χ0n) is 25.4. The van der Waals surface area contributed by atoms with Gasteiger partial charge in [0.05, 0.1) is 0 Å². The Morgan fingerprint density at radius 2 is 0.571 bits per heavy atom. The highest BCUT2D eigenvalue weighted by molar-refractivity contribution is 6.90. The van der Waals surface area contributed by atoms with Crippen molar-refractivity contribution in [3.8, 4) is 0 Å². The Morgan fingerprint density at radius 1 is 0.343 bits per heavy atom. The van der Waals surface area contributed by atoms with Crippen molar-refractivity contribution in [3.63, 3.8) is 0 Å². The first kappa shape index (κ1) is 35.8. The number of rotatable bonds is 22. The summed E-state index contributed by atoms with van der Waals surface area (Å²) in [6.45, 7) is 20.4. The predicted octanol–water partition coefficient (Wildman–Crippen LogP) is 8.26. The van der Waals surface area contributed by atoms with E-state index >= 15 is 0 Å². The van der Waals surface area contributed by atoms with Gasteiger partial charge in [-0.05, 0) is 71.8 Å². The number of hydrogen-bond acceptors (Lipinski definition) is 6. The Kier molecular flexibility index (Phi) is 17.1. The summed E-state index contributed by atoms with van der Waals surface area (Å²) in [7, 11) is -5.27. The van der Waals surface area contributed by atoms with Gasteiger partial charge in [0.1, 0.15) is 0 Å². The van der Waals surface area contributed by atoms with Crippen LogP contribution in [0.5, 0.6) is 0 Å². The second-order valence-electron chi connectivity index (χ2n) is 12.7. The van der Waals surface area contributed by atoms with E-state index in [4.69, 9.17) is 25.6 Å². The van der Waals surface area contributed by atoms with Crippen molar-refractivity contribution in [1.82, 2.24) is 0 Å². The highest BCUT2D eigenvalue weighted by Gasteiger charge is 2.49. The standard InChI is InChI=1S/C24H60O6Si5/c1-25-34(26-2,27-3)23-21-19-17-15-13-14-16-18-20-22-24-35(28-31(4,5)6,29-32(7,8)9)30-33(10,11)12/h13-24H2,1-12H3. The molecule has 0 heterocycles. The van der Waals surface area contributed by atoms with Gasteiger partial charge in [-0.15, -0.1) is 0 Å². The van der Waals surface area contributed by atoms with Crippen LogP contribution in [0.3, 0.4) is 0 Å². The van der Waals surface area contributed by atoms with Crippen LogP contribution in [0.2, 0.25) is 71.0 Å². The van der Waals surface area contributed by atoms with Gasteiger partial charge in [-0.2, -0.15) is 0 Å². The van der Waals surface area contributed by atoms with Crippen LogP contribution < -0.4 is 0 Å². The van der Waals surface area contributed by atoms with Gasteiger partial charge in [-0.25, -0.2) is 0 Å². The Balaban J connectivity index is 4.35. The molecule has 0 spiro atoms. The second-order valence-corrected chi connectivity index (χ2v) is 32.7. The van der Waals surface area contributed by atoms with E-state index in [2.05, 4.69) is 58.9 Å². The topological polar surface area (TPSA) is 55.4 Å². The van der Waals surface area contributed by atoms with E-state index in [1.165, 1.54) is 51.4 Å². The highest BCUT2D eigenvalue weighted by atomic mass is 28.5. The SMILES string of the molecule is CO[Si](CCCCCCCCCCCC[Si](O[Si](C)(C)C)(O[Si](C)(C)C)O[Si](C)(C)C)(OC)OC. The highest BCUT2D eigenvalue weighted by Crippen LogP contribution is 2.30. The normalized spacial score (nSPS) is 14.1. The van der Waals surface area contributed by atoms with Crippen molar-refractivity contribution in [2.45, 2.75) is 135 Å². The molecule has 0 amide bonds. The largest absolute Gasteiger partial charge is 0.500 e. The number of unbranched alkanes of at least 4 members (excludes halogenated alkanes) is 9. The van der Waals surface area contributed by atoms with Crippen LogP contribution in [0.15, 0.2) is 0 Å². The molecule has 6 nitrogen and oxygen atoms in total. The van der Waals surface area contributed by atoms with Crippen molar-refractivity contribution >= 4 is 42.6 Å². The minimum atomic E-state index is -2.66. The van der Waals surface area contributed by atoms with Gasteiger partial charge in [-0.3, -0.25) is 0 Å². The zero-order valence-corrected chi connectivity index (χ0v) is 30.4. The van der Waals surface area contributed by atoms with Crippen LogP contribution in [0.25, 0.3) is 0 Å². The lowest BCUT2D eigenvalue weighted by molar-refractivity contribution is 0.122. The van der Waals surface area contributed by atoms with Crippen LogP contribution in [0, 0.1) is 0 Å². The van der Waals surface area contributed by atoms with E-state index in [9.17, 15) is 0 Å². The summed E-state index contributed by atoms with van der Waals surface area (Å²) in [4.78, 5) is 0. The first-order valence-corrected chi connectivity index (χ1v) is 27.9. The van der Waals surface area contributed by atoms with Crippen LogP contribution in [-0.4, -0.2) is 63.9 Å². The summed E-state index contributed by atoms with van der Waals surface area (Å²) < 4.78 is 36.9. The minimum absolute atomic E-state index is 0.908. The summed E-state index contributed by atoms with van der Waals surface area (Å²) in [5, 5.41) is 0. The molecule has 0 unspecified atom stereocenters. The molecule has 0 aromatic heterocycles. The third-order valence-electron chi connectivity index (χ3n) is 5.53. The molecule has 0 N–H and O–H groups in total. The average molecular weight is 585 g/mol. The molecule has 0 aliphatic heterocycles. The fourth-order valence-corrected chi connectivity index (χ4v) is 20.8. The summed E-state index contributed by atoms with van der Waals surface area (Å²) >= 11 is 0. The molecule has 11 heteroatoms. The molecule has 0 aliphatic rings. The maximum absolute atomic E-state index is 6.79. The molecule has 0 radical (unpaired) electrons. The van der Waals surface area contributed by atoms with E-state index in [1.807, 2.05) is 0 Å². The van der Waals surface area contributed by atoms with Gasteiger partial charge in [-0.1, -0.05) is 51.4 Å². The quantitative estimate of drug-likeness (QED) is 0.0943. The van der Waals surface area contributed by atoms with Crippen LogP contribution >= 0.6 is 0 Å². The lowest BCUT2D eigenvalue weighted by Crippen LogP contribution is -2.60. The van der Waals surface area contributed by atoms with Crippen LogP contribution in [0.1, 0.15) is 64.2 Å². The van der Waals surface area contributed by atoms with Gasteiger partial charge in [0.15, 0.2) is 25.0 Å². The Hall–Kier alpha value is 0.844. The van der Waals surface area contributed by atoms with E-state index < -0.39 is 42.6 Å². The molecule has 0 aromatic carbocycles. The molecule has 0 rings (SSSR count). The van der Waals surface area contributed by atoms with Crippen LogP contribution in [-0.2, 0) is 25.6 Å². The average Bonchev–Trinajstić information content (AvgIpc) is 2.68. The molecule has 35 heavy (non-hydrogen) atoms. The molecule has 0 atom stereocenters. The van der Waals surface area contributed by atoms with Crippen molar-refractivity contribution in [2.75, 3.05) is 21.3 Å². The second kappa shape index (κ2) is 16.7. The number of hydrogen-bond donors (Lipinski definition) is 0. The van der Waals surface area contributed by atoms with E-state index in [1.54, 1.807) is 21.3 Å². The molecular formula is C24H60O6Si5. The van der Waals surface area contributed by atoms with E-state index in [0.29, 0.717) is 0 Å². The molecule has 0 aliphatic carbocycles. The van der Waals surface area contributed by atoms with Gasteiger partial charge in [0, 0.05) is 33.4 Å². The van der Waals surface area contributed by atoms with Crippen molar-refractivity contribution in [2.24, 2.45) is 0 Å². The van der Waals surface area contributed by atoms with Crippen molar-refractivity contribution in [1.29, 1.82) is 0 Å². The summed E-state index contributed by atoms with van der Waals surface area (Å²) in [6.07, 6.45) is 12.6. The summed E-state index contributed by atoms with van der Waals surface area (Å²) in [5.74, 6) is 0. The third-order valence-corrected chi connectivity index (χ3v) is 20.4. The Bertz CT molecular complexity index is 493. The zero-order chi connectivity index (χ0) is 27.2. The lowest BCUT2D eigenvalue weighted by Gasteiger charge is -2.43. The van der Waals surface area contributed by atoms with Crippen molar-refractivity contribution in [3.05, 3.63) is 0 Å². The lowest BCUT2D eigenvalue weighted by atomic mass is 10.1. The fourth-order valence-electron chi connectivity index (χ4n) is 4.27. The predicted molar refractivity (Wildman–Crippen MR) is 162 cm³/mol. The Labute approximate surface area is 224 Å². The van der Waals surface area contributed by atoms with Gasteiger partial charge < -0.3 is 25.6 Å². The van der Waals surface area contributed by atoms with E-state index in [0.717, 1.165) is 24.9 Å². The minimum Gasteiger partial charge on any atom is -0.417 e. The van der Waals surface area contributed by atoms with Crippen molar-refractivity contribution < 1.29 is 25.6 Å². The van der Waals surface area contributed by atoms with Crippen LogP contribution in [0.4, 0.5) is 0 Å². The van der Waals surface area contributed by atoms with Gasteiger partial charge in [0.2, 0.25) is 0 Å². The molecule has 0 bridgehead atoms.